The van der Waals surface area contributed by atoms with E-state index in [-0.39, 0.29) is 23.6 Å². The van der Waals surface area contributed by atoms with E-state index < -0.39 is 5.97 Å². The number of aliphatic carboxylic acids is 1. The van der Waals surface area contributed by atoms with Gasteiger partial charge in [0.15, 0.2) is 0 Å². The Balaban J connectivity index is 3.30. The zero-order chi connectivity index (χ0) is 11.4. The van der Waals surface area contributed by atoms with Crippen LogP contribution in [0.25, 0.3) is 0 Å². The molecular weight excluding hydrogens is 218 g/mol. The second-order valence-corrected chi connectivity index (χ2v) is 3.21. The van der Waals surface area contributed by atoms with E-state index in [1.807, 2.05) is 6.07 Å². The Hall–Kier alpha value is -1.73. The molecule has 0 aliphatic carbocycles. The number of benzene rings is 1. The van der Waals surface area contributed by atoms with E-state index in [4.69, 9.17) is 22.0 Å². The smallest absolute Gasteiger partial charge is 0.307 e. The number of carboxylic acid groups (broad SMARTS) is 1. The van der Waals surface area contributed by atoms with Crippen molar-refractivity contribution in [3.63, 3.8) is 0 Å². The molecule has 0 saturated heterocycles. The molecule has 1 rings (SSSR count). The summed E-state index contributed by atoms with van der Waals surface area (Å²) in [4.78, 5) is 10.5. The van der Waals surface area contributed by atoms with E-state index in [0.717, 1.165) is 0 Å². The van der Waals surface area contributed by atoms with Crippen LogP contribution in [0.4, 0.5) is 0 Å². The van der Waals surface area contributed by atoms with Crippen LogP contribution in [-0.2, 0) is 17.1 Å². The minimum absolute atomic E-state index is 0.0474. The number of alkyl halides is 1. The largest absolute Gasteiger partial charge is 0.508 e. The molecule has 0 bridgehead atoms. The van der Waals surface area contributed by atoms with Crippen LogP contribution in [0.5, 0.6) is 5.75 Å². The minimum Gasteiger partial charge on any atom is -0.508 e. The first-order valence-electron chi connectivity index (χ1n) is 4.11. The number of nitrogens with zero attached hydrogens (tertiary/aromatic N) is 1. The lowest BCUT2D eigenvalue weighted by Gasteiger charge is -2.07. The van der Waals surface area contributed by atoms with Crippen LogP contribution in [0, 0.1) is 11.3 Å². The Morgan fingerprint density at radius 3 is 2.67 bits per heavy atom. The van der Waals surface area contributed by atoms with Crippen molar-refractivity contribution in [2.24, 2.45) is 0 Å². The van der Waals surface area contributed by atoms with Gasteiger partial charge in [-0.3, -0.25) is 4.79 Å². The summed E-state index contributed by atoms with van der Waals surface area (Å²) in [7, 11) is 0. The standard InChI is InChI=1S/C10H8ClNO3/c11-4-9-6(3-10(14)15)1-8(13)2-7(9)5-12/h1-2,13H,3-4H2,(H,14,15). The molecule has 0 amide bonds. The van der Waals surface area contributed by atoms with E-state index in [9.17, 15) is 9.90 Å². The number of carbonyl (C=O) groups is 1. The molecule has 2 N–H and O–H groups in total. The maximum Gasteiger partial charge on any atom is 0.307 e. The first kappa shape index (κ1) is 11.3. The van der Waals surface area contributed by atoms with E-state index in [1.54, 1.807) is 0 Å². The quantitative estimate of drug-likeness (QED) is 0.766. The first-order valence-corrected chi connectivity index (χ1v) is 4.64. The highest BCUT2D eigenvalue weighted by atomic mass is 35.5. The van der Waals surface area contributed by atoms with Gasteiger partial charge in [0, 0.05) is 5.88 Å². The molecule has 15 heavy (non-hydrogen) atoms. The number of phenols is 1. The van der Waals surface area contributed by atoms with Crippen molar-refractivity contribution < 1.29 is 15.0 Å². The van der Waals surface area contributed by atoms with Gasteiger partial charge in [0.05, 0.1) is 18.1 Å². The van der Waals surface area contributed by atoms with Gasteiger partial charge in [-0.1, -0.05) is 0 Å². The maximum absolute atomic E-state index is 10.5. The molecular formula is C10H8ClNO3. The fraction of sp³-hybridized carbons (Fsp3) is 0.200. The van der Waals surface area contributed by atoms with Gasteiger partial charge in [-0.05, 0) is 23.3 Å². The summed E-state index contributed by atoms with van der Waals surface area (Å²) in [5.41, 5.74) is 1.04. The molecule has 0 heterocycles. The summed E-state index contributed by atoms with van der Waals surface area (Å²) in [6, 6.07) is 4.44. The number of hydrogen-bond donors (Lipinski definition) is 2. The summed E-state index contributed by atoms with van der Waals surface area (Å²) in [5.74, 6) is -1.11. The van der Waals surface area contributed by atoms with Crippen LogP contribution < -0.4 is 0 Å². The molecule has 0 aliphatic rings. The number of hydrogen-bond acceptors (Lipinski definition) is 3. The van der Waals surface area contributed by atoms with Crippen LogP contribution in [0.3, 0.4) is 0 Å². The molecule has 0 spiro atoms. The van der Waals surface area contributed by atoms with Crippen LogP contribution in [0.1, 0.15) is 16.7 Å². The number of aromatic hydroxyl groups is 1. The lowest BCUT2D eigenvalue weighted by atomic mass is 10.00. The van der Waals surface area contributed by atoms with Gasteiger partial charge in [-0.15, -0.1) is 11.6 Å². The van der Waals surface area contributed by atoms with Crippen LogP contribution in [-0.4, -0.2) is 16.2 Å². The van der Waals surface area contributed by atoms with Gasteiger partial charge in [0.2, 0.25) is 0 Å². The lowest BCUT2D eigenvalue weighted by molar-refractivity contribution is -0.136. The lowest BCUT2D eigenvalue weighted by Crippen LogP contribution is -2.04. The molecule has 0 atom stereocenters. The summed E-state index contributed by atoms with van der Waals surface area (Å²) in [5, 5.41) is 26.7. The molecule has 0 unspecified atom stereocenters. The molecule has 0 radical (unpaired) electrons. The average molecular weight is 226 g/mol. The monoisotopic (exact) mass is 225 g/mol. The highest BCUT2D eigenvalue weighted by Gasteiger charge is 2.12. The van der Waals surface area contributed by atoms with Crippen molar-refractivity contribution in [2.75, 3.05) is 0 Å². The van der Waals surface area contributed by atoms with Gasteiger partial charge >= 0.3 is 5.97 Å². The van der Waals surface area contributed by atoms with E-state index >= 15 is 0 Å². The zero-order valence-corrected chi connectivity index (χ0v) is 8.45. The molecule has 0 fully saturated rings. The van der Waals surface area contributed by atoms with E-state index in [1.165, 1.54) is 12.1 Å². The van der Waals surface area contributed by atoms with Crippen LogP contribution >= 0.6 is 11.6 Å². The third kappa shape index (κ3) is 2.61. The second-order valence-electron chi connectivity index (χ2n) is 2.95. The zero-order valence-electron chi connectivity index (χ0n) is 7.70. The van der Waals surface area contributed by atoms with Crippen molar-refractivity contribution in [2.45, 2.75) is 12.3 Å². The van der Waals surface area contributed by atoms with Crippen LogP contribution in [0.2, 0.25) is 0 Å². The number of halogens is 1. The number of phenolic OH excluding ortho intramolecular Hbond substituents is 1. The first-order chi connectivity index (χ1) is 7.08. The Morgan fingerprint density at radius 1 is 1.53 bits per heavy atom. The molecule has 0 aliphatic heterocycles. The maximum atomic E-state index is 10.5. The fourth-order valence-electron chi connectivity index (χ4n) is 1.29. The molecule has 0 saturated carbocycles. The number of nitriles is 1. The predicted octanol–water partition coefficient (Wildman–Crippen LogP) is 1.63. The van der Waals surface area contributed by atoms with Gasteiger partial charge < -0.3 is 10.2 Å². The Kier molecular flexibility index (Phi) is 3.53. The molecule has 4 nitrogen and oxygen atoms in total. The molecule has 5 heteroatoms. The van der Waals surface area contributed by atoms with Crippen molar-refractivity contribution in [3.8, 4) is 11.8 Å². The molecule has 1 aromatic carbocycles. The topological polar surface area (TPSA) is 81.3 Å². The van der Waals surface area contributed by atoms with Gasteiger partial charge in [0.25, 0.3) is 0 Å². The van der Waals surface area contributed by atoms with Crippen molar-refractivity contribution in [3.05, 3.63) is 28.8 Å². The summed E-state index contributed by atoms with van der Waals surface area (Å²) >= 11 is 5.63. The highest BCUT2D eigenvalue weighted by molar-refractivity contribution is 6.17. The summed E-state index contributed by atoms with van der Waals surface area (Å²) in [6.45, 7) is 0. The minimum atomic E-state index is -1.03. The van der Waals surface area contributed by atoms with Crippen molar-refractivity contribution in [1.29, 1.82) is 5.26 Å². The SMILES string of the molecule is N#Cc1cc(O)cc(CC(=O)O)c1CCl. The number of carboxylic acids is 1. The van der Waals surface area contributed by atoms with Gasteiger partial charge in [0.1, 0.15) is 5.75 Å². The van der Waals surface area contributed by atoms with E-state index in [2.05, 4.69) is 0 Å². The molecule has 78 valence electrons. The van der Waals surface area contributed by atoms with E-state index in [0.29, 0.717) is 11.1 Å². The molecule has 0 aromatic heterocycles. The number of rotatable bonds is 3. The Labute approximate surface area is 91.3 Å². The normalized spacial score (nSPS) is 9.60. The van der Waals surface area contributed by atoms with Crippen LogP contribution in [0.15, 0.2) is 12.1 Å². The summed E-state index contributed by atoms with van der Waals surface area (Å²) < 4.78 is 0. The van der Waals surface area contributed by atoms with Crippen molar-refractivity contribution in [1.82, 2.24) is 0 Å². The van der Waals surface area contributed by atoms with Gasteiger partial charge in [-0.2, -0.15) is 5.26 Å². The highest BCUT2D eigenvalue weighted by Crippen LogP contribution is 2.23. The predicted molar refractivity (Wildman–Crippen MR) is 53.7 cm³/mol. The Morgan fingerprint density at radius 2 is 2.20 bits per heavy atom. The fourth-order valence-corrected chi connectivity index (χ4v) is 1.61. The molecule has 1 aromatic rings. The summed E-state index contributed by atoms with van der Waals surface area (Å²) in [6.07, 6.45) is -0.259. The Bertz CT molecular complexity index is 437. The second kappa shape index (κ2) is 4.67. The average Bonchev–Trinajstić information content (AvgIpc) is 2.15. The van der Waals surface area contributed by atoms with Gasteiger partial charge in [-0.25, -0.2) is 0 Å². The third-order valence-electron chi connectivity index (χ3n) is 1.92. The third-order valence-corrected chi connectivity index (χ3v) is 2.19. The van der Waals surface area contributed by atoms with Crippen molar-refractivity contribution >= 4 is 17.6 Å².